The Hall–Kier alpha value is -2.22. The number of imidazole rings is 1. The number of carbonyl (C=O) groups excluding carboxylic acids is 1. The van der Waals surface area contributed by atoms with Gasteiger partial charge >= 0.3 is 5.69 Å². The lowest BCUT2D eigenvalue weighted by Crippen LogP contribution is -2.44. The van der Waals surface area contributed by atoms with Gasteiger partial charge in [0.2, 0.25) is 5.91 Å². The lowest BCUT2D eigenvalue weighted by atomic mass is 10.1. The van der Waals surface area contributed by atoms with Gasteiger partial charge in [-0.1, -0.05) is 0 Å². The maximum atomic E-state index is 12.5. The molecule has 1 fully saturated rings. The number of amides is 1. The Balaban J connectivity index is 1.96. The summed E-state index contributed by atoms with van der Waals surface area (Å²) in [5.74, 6) is -0.0462. The van der Waals surface area contributed by atoms with Gasteiger partial charge in [-0.25, -0.2) is 14.8 Å². The Morgan fingerprint density at radius 2 is 2.32 bits per heavy atom. The average Bonchev–Trinajstić information content (AvgIpc) is 2.80. The van der Waals surface area contributed by atoms with E-state index >= 15 is 0 Å². The molecule has 3 rings (SSSR count). The number of carbonyl (C=O) groups is 1. The average molecular weight is 305 g/mol. The third-order valence-electron chi connectivity index (χ3n) is 4.14. The Morgan fingerprint density at radius 3 is 3.09 bits per heavy atom. The Bertz CT molecular complexity index is 751. The minimum Gasteiger partial charge on any atom is -0.375 e. The minimum atomic E-state index is -0.124. The van der Waals surface area contributed by atoms with Crippen LogP contribution in [0.25, 0.3) is 11.2 Å². The first-order valence-corrected chi connectivity index (χ1v) is 7.27. The van der Waals surface area contributed by atoms with Gasteiger partial charge < -0.3 is 9.64 Å². The van der Waals surface area contributed by atoms with Crippen LogP contribution < -0.4 is 5.69 Å². The number of aryl methyl sites for hydroxylation is 1. The zero-order chi connectivity index (χ0) is 15.7. The number of aromatic nitrogens is 4. The number of nitrogens with zero attached hydrogens (tertiary/aromatic N) is 5. The Labute approximate surface area is 127 Å². The highest BCUT2D eigenvalue weighted by molar-refractivity contribution is 5.77. The molecular formula is C14H19N5O3. The molecule has 0 bridgehead atoms. The standard InChI is InChI=1S/C14H19N5O3/c1-17-11-6-15-9-16-13(11)19(14(17)21)10-4-3-5-18(7-10)12(20)8-22-2/h6,9-10H,3-5,7-8H2,1-2H3/t10-/m1/s1. The van der Waals surface area contributed by atoms with E-state index in [1.54, 1.807) is 27.3 Å². The van der Waals surface area contributed by atoms with Crippen molar-refractivity contribution in [2.45, 2.75) is 18.9 Å². The highest BCUT2D eigenvalue weighted by atomic mass is 16.5. The molecule has 8 heteroatoms. The summed E-state index contributed by atoms with van der Waals surface area (Å²) in [5.41, 5.74) is 1.20. The van der Waals surface area contributed by atoms with E-state index in [4.69, 9.17) is 4.74 Å². The van der Waals surface area contributed by atoms with E-state index in [2.05, 4.69) is 9.97 Å². The number of ether oxygens (including phenoxy) is 1. The van der Waals surface area contributed by atoms with E-state index in [-0.39, 0.29) is 24.2 Å². The van der Waals surface area contributed by atoms with Crippen molar-refractivity contribution in [2.75, 3.05) is 26.8 Å². The van der Waals surface area contributed by atoms with E-state index in [1.165, 1.54) is 13.4 Å². The van der Waals surface area contributed by atoms with Crippen LogP contribution in [0.1, 0.15) is 18.9 Å². The van der Waals surface area contributed by atoms with Crippen LogP contribution in [0.5, 0.6) is 0 Å². The molecule has 1 amide bonds. The maximum absolute atomic E-state index is 12.5. The molecule has 0 N–H and O–H groups in total. The third-order valence-corrected chi connectivity index (χ3v) is 4.14. The first-order valence-electron chi connectivity index (χ1n) is 7.27. The van der Waals surface area contributed by atoms with Crippen LogP contribution in [0, 0.1) is 0 Å². The molecule has 0 radical (unpaired) electrons. The van der Waals surface area contributed by atoms with E-state index in [0.29, 0.717) is 24.3 Å². The van der Waals surface area contributed by atoms with Crippen molar-refractivity contribution in [3.63, 3.8) is 0 Å². The van der Waals surface area contributed by atoms with E-state index in [9.17, 15) is 9.59 Å². The summed E-state index contributed by atoms with van der Waals surface area (Å²) in [7, 11) is 3.21. The van der Waals surface area contributed by atoms with E-state index in [0.717, 1.165) is 12.8 Å². The van der Waals surface area contributed by atoms with Crippen molar-refractivity contribution in [3.05, 3.63) is 23.0 Å². The lowest BCUT2D eigenvalue weighted by molar-refractivity contribution is -0.136. The minimum absolute atomic E-state index is 0.0462. The van der Waals surface area contributed by atoms with Crippen LogP contribution in [-0.4, -0.2) is 56.7 Å². The highest BCUT2D eigenvalue weighted by Crippen LogP contribution is 2.23. The summed E-state index contributed by atoms with van der Waals surface area (Å²) < 4.78 is 8.14. The normalized spacial score (nSPS) is 18.8. The number of methoxy groups -OCH3 is 1. The molecule has 118 valence electrons. The summed E-state index contributed by atoms with van der Waals surface area (Å²) in [6.07, 6.45) is 4.78. The van der Waals surface area contributed by atoms with Crippen LogP contribution >= 0.6 is 0 Å². The zero-order valence-electron chi connectivity index (χ0n) is 12.7. The predicted octanol–water partition coefficient (Wildman–Crippen LogP) is -0.0601. The van der Waals surface area contributed by atoms with Gasteiger partial charge in [-0.05, 0) is 12.8 Å². The molecule has 1 saturated heterocycles. The van der Waals surface area contributed by atoms with Crippen molar-refractivity contribution < 1.29 is 9.53 Å². The molecular weight excluding hydrogens is 286 g/mol. The molecule has 0 unspecified atom stereocenters. The topological polar surface area (TPSA) is 82.2 Å². The second-order valence-corrected chi connectivity index (χ2v) is 5.51. The molecule has 1 atom stereocenters. The second kappa shape index (κ2) is 5.88. The number of piperidine rings is 1. The Kier molecular flexibility index (Phi) is 3.93. The number of fused-ring (bicyclic) bond motifs is 1. The predicted molar refractivity (Wildman–Crippen MR) is 79.5 cm³/mol. The van der Waals surface area contributed by atoms with Crippen molar-refractivity contribution in [1.29, 1.82) is 0 Å². The number of rotatable bonds is 3. The van der Waals surface area contributed by atoms with Crippen LogP contribution in [0.3, 0.4) is 0 Å². The molecule has 2 aromatic rings. The number of hydrogen-bond donors (Lipinski definition) is 0. The van der Waals surface area contributed by atoms with Gasteiger partial charge in [0, 0.05) is 27.2 Å². The summed E-state index contributed by atoms with van der Waals surface area (Å²) >= 11 is 0. The first-order chi connectivity index (χ1) is 10.6. The van der Waals surface area contributed by atoms with Gasteiger partial charge in [0.25, 0.3) is 0 Å². The van der Waals surface area contributed by atoms with Crippen LogP contribution in [0.4, 0.5) is 0 Å². The van der Waals surface area contributed by atoms with Crippen molar-refractivity contribution in [3.8, 4) is 0 Å². The summed E-state index contributed by atoms with van der Waals surface area (Å²) in [5, 5.41) is 0. The SMILES string of the molecule is COCC(=O)N1CCC[C@@H](n2c(=O)n(C)c3cncnc32)C1. The fraction of sp³-hybridized carbons (Fsp3) is 0.571. The molecule has 22 heavy (non-hydrogen) atoms. The van der Waals surface area contributed by atoms with Gasteiger partial charge in [-0.15, -0.1) is 0 Å². The summed E-state index contributed by atoms with van der Waals surface area (Å²) in [4.78, 5) is 34.5. The summed E-state index contributed by atoms with van der Waals surface area (Å²) in [6, 6.07) is -0.0688. The lowest BCUT2D eigenvalue weighted by Gasteiger charge is -2.33. The first kappa shape index (κ1) is 14.7. The fourth-order valence-corrected chi connectivity index (χ4v) is 3.03. The molecule has 0 aliphatic carbocycles. The largest absolute Gasteiger partial charge is 0.375 e. The molecule has 0 spiro atoms. The third kappa shape index (κ3) is 2.39. The Morgan fingerprint density at radius 1 is 1.50 bits per heavy atom. The van der Waals surface area contributed by atoms with Crippen LogP contribution in [0.2, 0.25) is 0 Å². The monoisotopic (exact) mass is 305 g/mol. The zero-order valence-corrected chi connectivity index (χ0v) is 12.7. The van der Waals surface area contributed by atoms with E-state index < -0.39 is 0 Å². The fourth-order valence-electron chi connectivity index (χ4n) is 3.03. The quantitative estimate of drug-likeness (QED) is 0.793. The van der Waals surface area contributed by atoms with Crippen molar-refractivity contribution in [2.24, 2.45) is 7.05 Å². The highest BCUT2D eigenvalue weighted by Gasteiger charge is 2.28. The van der Waals surface area contributed by atoms with Gasteiger partial charge in [0.15, 0.2) is 5.65 Å². The molecule has 1 aliphatic rings. The van der Waals surface area contributed by atoms with Gasteiger partial charge in [-0.3, -0.25) is 13.9 Å². The van der Waals surface area contributed by atoms with Gasteiger partial charge in [0.1, 0.15) is 18.5 Å². The van der Waals surface area contributed by atoms with Crippen LogP contribution in [-0.2, 0) is 16.6 Å². The number of likely N-dealkylation sites (tertiary alicyclic amines) is 1. The molecule has 3 heterocycles. The summed E-state index contributed by atoms with van der Waals surface area (Å²) in [6.45, 7) is 1.28. The van der Waals surface area contributed by atoms with Gasteiger partial charge in [0.05, 0.1) is 12.2 Å². The smallest absolute Gasteiger partial charge is 0.330 e. The molecule has 8 nitrogen and oxygen atoms in total. The van der Waals surface area contributed by atoms with Gasteiger partial charge in [-0.2, -0.15) is 0 Å². The molecule has 0 saturated carbocycles. The number of hydrogen-bond acceptors (Lipinski definition) is 5. The molecule has 0 aromatic carbocycles. The second-order valence-electron chi connectivity index (χ2n) is 5.51. The van der Waals surface area contributed by atoms with Crippen molar-refractivity contribution >= 4 is 17.1 Å². The van der Waals surface area contributed by atoms with Crippen LogP contribution in [0.15, 0.2) is 17.3 Å². The van der Waals surface area contributed by atoms with Crippen molar-refractivity contribution in [1.82, 2.24) is 24.0 Å². The van der Waals surface area contributed by atoms with E-state index in [1.807, 2.05) is 0 Å². The molecule has 2 aromatic heterocycles. The maximum Gasteiger partial charge on any atom is 0.330 e. The molecule has 1 aliphatic heterocycles.